The minimum Gasteiger partial charge on any atom is -0.369 e. The normalized spacial score (nSPS) is 17.9. The molecule has 0 unspecified atom stereocenters. The van der Waals surface area contributed by atoms with Gasteiger partial charge in [0, 0.05) is 6.42 Å². The maximum Gasteiger partial charge on any atom is 0.0987 e. The van der Waals surface area contributed by atoms with E-state index in [4.69, 9.17) is 4.74 Å². The van der Waals surface area contributed by atoms with E-state index < -0.39 is 0 Å². The summed E-state index contributed by atoms with van der Waals surface area (Å²) in [5, 5.41) is 0. The lowest BCUT2D eigenvalue weighted by Gasteiger charge is -2.25. The van der Waals surface area contributed by atoms with Crippen molar-refractivity contribution in [1.82, 2.24) is 0 Å². The predicted molar refractivity (Wildman–Crippen MR) is 67.0 cm³/mol. The summed E-state index contributed by atoms with van der Waals surface area (Å²) < 4.78 is 6.01. The molecule has 1 fully saturated rings. The van der Waals surface area contributed by atoms with E-state index in [9.17, 15) is 0 Å². The molecule has 1 heteroatoms. The molecule has 1 saturated carbocycles. The highest BCUT2D eigenvalue weighted by Gasteiger charge is 2.17. The summed E-state index contributed by atoms with van der Waals surface area (Å²) in [6.07, 6.45) is 9.15. The molecule has 0 amide bonds. The Balaban J connectivity index is 1.77. The first kappa shape index (κ1) is 11.7. The molecule has 0 saturated heterocycles. The molecule has 0 spiro atoms. The lowest BCUT2D eigenvalue weighted by molar-refractivity contribution is 0.0388. The highest BCUT2D eigenvalue weighted by atomic mass is 16.5. The molecule has 2 rings (SSSR count). The van der Waals surface area contributed by atoms with Crippen LogP contribution in [0.15, 0.2) is 30.3 Å². The number of hydrogen-bond acceptors (Lipinski definition) is 1. The van der Waals surface area contributed by atoms with Crippen molar-refractivity contribution in [3.8, 4) is 0 Å². The summed E-state index contributed by atoms with van der Waals surface area (Å²) in [5.74, 6) is 0. The predicted octanol–water partition coefficient (Wildman–Crippen LogP) is 4.13. The first-order chi connectivity index (χ1) is 7.84. The van der Waals surface area contributed by atoms with Crippen molar-refractivity contribution in [3.05, 3.63) is 42.0 Å². The van der Waals surface area contributed by atoms with Gasteiger partial charge in [-0.25, -0.2) is 0 Å². The maximum absolute atomic E-state index is 6.01. The number of ether oxygens (including phenoxy) is 1. The van der Waals surface area contributed by atoms with Crippen molar-refractivity contribution >= 4 is 0 Å². The highest BCUT2D eigenvalue weighted by Crippen LogP contribution is 2.24. The molecule has 87 valence electrons. The van der Waals surface area contributed by atoms with E-state index in [0.29, 0.717) is 6.10 Å². The van der Waals surface area contributed by atoms with Crippen LogP contribution in [0.3, 0.4) is 0 Å². The second-order valence-electron chi connectivity index (χ2n) is 4.74. The molecular formula is C15H21O. The molecular weight excluding hydrogens is 196 g/mol. The van der Waals surface area contributed by atoms with Gasteiger partial charge in [0.2, 0.25) is 0 Å². The van der Waals surface area contributed by atoms with Gasteiger partial charge >= 0.3 is 0 Å². The molecule has 1 aliphatic rings. The van der Waals surface area contributed by atoms with Crippen LogP contribution in [0.1, 0.15) is 44.6 Å². The Kier molecular flexibility index (Phi) is 4.41. The Morgan fingerprint density at radius 1 is 1.12 bits per heavy atom. The molecule has 0 aromatic heterocycles. The molecule has 1 nitrogen and oxygen atoms in total. The summed E-state index contributed by atoms with van der Waals surface area (Å²) in [4.78, 5) is 0. The fraction of sp³-hybridized carbons (Fsp3) is 0.533. The Morgan fingerprint density at radius 3 is 2.50 bits per heavy atom. The molecule has 1 aromatic carbocycles. The first-order valence-electron chi connectivity index (χ1n) is 6.37. The number of hydrogen-bond donors (Lipinski definition) is 0. The van der Waals surface area contributed by atoms with Crippen LogP contribution < -0.4 is 0 Å². The van der Waals surface area contributed by atoms with Crippen LogP contribution in [0, 0.1) is 6.10 Å². The molecule has 0 aliphatic heterocycles. The van der Waals surface area contributed by atoms with E-state index in [0.717, 1.165) is 12.5 Å². The van der Waals surface area contributed by atoms with Gasteiger partial charge in [0.25, 0.3) is 0 Å². The second kappa shape index (κ2) is 6.05. The largest absolute Gasteiger partial charge is 0.369 e. The van der Waals surface area contributed by atoms with Crippen LogP contribution in [-0.2, 0) is 11.2 Å². The van der Waals surface area contributed by atoms with Gasteiger partial charge in [0.1, 0.15) is 0 Å². The third kappa shape index (κ3) is 3.64. The summed E-state index contributed by atoms with van der Waals surface area (Å²) >= 11 is 0. The zero-order valence-corrected chi connectivity index (χ0v) is 10.1. The van der Waals surface area contributed by atoms with Gasteiger partial charge in [-0.3, -0.25) is 0 Å². The van der Waals surface area contributed by atoms with Gasteiger partial charge in [0.05, 0.1) is 12.2 Å². The van der Waals surface area contributed by atoms with E-state index >= 15 is 0 Å². The zero-order chi connectivity index (χ0) is 11.2. The molecule has 16 heavy (non-hydrogen) atoms. The third-order valence-corrected chi connectivity index (χ3v) is 3.22. The summed E-state index contributed by atoms with van der Waals surface area (Å²) in [6, 6.07) is 10.6. The highest BCUT2D eigenvalue weighted by molar-refractivity contribution is 5.17. The van der Waals surface area contributed by atoms with Crippen LogP contribution in [0.4, 0.5) is 0 Å². The van der Waals surface area contributed by atoms with E-state index in [1.807, 2.05) is 0 Å². The smallest absolute Gasteiger partial charge is 0.0987 e. The topological polar surface area (TPSA) is 9.23 Å². The lowest BCUT2D eigenvalue weighted by Crippen LogP contribution is -2.19. The van der Waals surface area contributed by atoms with Gasteiger partial charge in [0.15, 0.2) is 0 Å². The summed E-state index contributed by atoms with van der Waals surface area (Å²) in [6.45, 7) is 2.11. The molecule has 0 bridgehead atoms. The van der Waals surface area contributed by atoms with Gasteiger partial charge in [-0.15, -0.1) is 0 Å². The Hall–Kier alpha value is -0.820. The van der Waals surface area contributed by atoms with Crippen LogP contribution >= 0.6 is 0 Å². The van der Waals surface area contributed by atoms with Crippen LogP contribution in [-0.4, -0.2) is 6.10 Å². The summed E-state index contributed by atoms with van der Waals surface area (Å²) in [7, 11) is 0. The molecule has 1 aromatic rings. The van der Waals surface area contributed by atoms with Gasteiger partial charge in [-0.05, 0) is 25.3 Å². The Labute approximate surface area is 98.8 Å². The van der Waals surface area contributed by atoms with Gasteiger partial charge in [-0.1, -0.05) is 49.6 Å². The number of rotatable bonds is 4. The van der Waals surface area contributed by atoms with Crippen molar-refractivity contribution < 1.29 is 4.74 Å². The average Bonchev–Trinajstić information content (AvgIpc) is 2.31. The monoisotopic (exact) mass is 217 g/mol. The average molecular weight is 217 g/mol. The fourth-order valence-electron chi connectivity index (χ4n) is 2.39. The van der Waals surface area contributed by atoms with E-state index in [1.165, 1.54) is 37.7 Å². The molecule has 1 aliphatic carbocycles. The van der Waals surface area contributed by atoms with Crippen molar-refractivity contribution in [1.29, 1.82) is 0 Å². The van der Waals surface area contributed by atoms with E-state index in [2.05, 4.69) is 37.3 Å². The Morgan fingerprint density at radius 2 is 1.81 bits per heavy atom. The van der Waals surface area contributed by atoms with E-state index in [-0.39, 0.29) is 0 Å². The third-order valence-electron chi connectivity index (χ3n) is 3.22. The number of benzene rings is 1. The van der Waals surface area contributed by atoms with Gasteiger partial charge < -0.3 is 4.74 Å². The lowest BCUT2D eigenvalue weighted by atomic mass is 9.97. The van der Waals surface area contributed by atoms with Crippen LogP contribution in [0.2, 0.25) is 0 Å². The van der Waals surface area contributed by atoms with Crippen molar-refractivity contribution in [2.24, 2.45) is 0 Å². The Bertz CT molecular complexity index is 288. The van der Waals surface area contributed by atoms with Crippen molar-refractivity contribution in [2.75, 3.05) is 0 Å². The zero-order valence-electron chi connectivity index (χ0n) is 10.1. The standard InChI is InChI=1S/C15H21O/c1-13(12-14-8-4-2-5-9-14)16-15-10-6-3-7-11-15/h2,4-5,8-9,15H,3,6-7,10-12H2,1H3. The first-order valence-corrected chi connectivity index (χ1v) is 6.37. The summed E-state index contributed by atoms with van der Waals surface area (Å²) in [5.41, 5.74) is 1.34. The van der Waals surface area contributed by atoms with Crippen molar-refractivity contribution in [2.45, 2.75) is 51.6 Å². The quantitative estimate of drug-likeness (QED) is 0.736. The van der Waals surface area contributed by atoms with Crippen molar-refractivity contribution in [3.63, 3.8) is 0 Å². The van der Waals surface area contributed by atoms with E-state index in [1.54, 1.807) is 0 Å². The SMILES string of the molecule is C[C](Cc1ccccc1)OC1CCCCC1. The van der Waals surface area contributed by atoms with Gasteiger partial charge in [-0.2, -0.15) is 0 Å². The van der Waals surface area contributed by atoms with Crippen LogP contribution in [0.25, 0.3) is 0 Å². The minimum absolute atomic E-state index is 0.484. The molecule has 0 N–H and O–H groups in total. The maximum atomic E-state index is 6.01. The molecule has 0 heterocycles. The molecule has 1 radical (unpaired) electrons. The second-order valence-corrected chi connectivity index (χ2v) is 4.74. The minimum atomic E-state index is 0.484. The molecule has 0 atom stereocenters. The fourth-order valence-corrected chi connectivity index (χ4v) is 2.39. The van der Waals surface area contributed by atoms with Crippen LogP contribution in [0.5, 0.6) is 0 Å².